The Labute approximate surface area is 111 Å². The summed E-state index contributed by atoms with van der Waals surface area (Å²) in [5.74, 6) is 2.29. The van der Waals surface area contributed by atoms with Crippen molar-refractivity contribution in [3.63, 3.8) is 0 Å². The Bertz CT molecular complexity index is 377. The van der Waals surface area contributed by atoms with Crippen molar-refractivity contribution in [1.29, 1.82) is 0 Å². The second-order valence-corrected chi connectivity index (χ2v) is 6.18. The maximum Gasteiger partial charge on any atom is -0.00430 e. The van der Waals surface area contributed by atoms with Crippen molar-refractivity contribution in [3.8, 4) is 0 Å². The second-order valence-electron chi connectivity index (χ2n) is 6.18. The predicted molar refractivity (Wildman–Crippen MR) is 76.8 cm³/mol. The van der Waals surface area contributed by atoms with E-state index in [-0.39, 0.29) is 0 Å². The van der Waals surface area contributed by atoms with E-state index in [1.165, 1.54) is 50.5 Å². The maximum absolute atomic E-state index is 5.94. The maximum atomic E-state index is 5.94. The summed E-state index contributed by atoms with van der Waals surface area (Å²) in [5.41, 5.74) is 9.04. The largest absolute Gasteiger partial charge is 0.330 e. The third kappa shape index (κ3) is 2.33. The van der Waals surface area contributed by atoms with Crippen LogP contribution in [0.15, 0.2) is 24.3 Å². The summed E-state index contributed by atoms with van der Waals surface area (Å²) in [6.45, 7) is 0.856. The molecule has 2 saturated carbocycles. The monoisotopic (exact) mass is 243 g/mol. The van der Waals surface area contributed by atoms with Gasteiger partial charge in [-0.25, -0.2) is 0 Å². The third-order valence-electron chi connectivity index (χ3n) is 5.15. The Morgan fingerprint density at radius 1 is 0.833 bits per heavy atom. The molecule has 2 aliphatic rings. The van der Waals surface area contributed by atoms with Crippen LogP contribution in [-0.4, -0.2) is 6.54 Å². The molecule has 0 amide bonds. The van der Waals surface area contributed by atoms with Gasteiger partial charge in [-0.1, -0.05) is 43.5 Å². The minimum atomic E-state index is 0.716. The highest BCUT2D eigenvalue weighted by atomic mass is 14.6. The number of rotatable bonds is 3. The van der Waals surface area contributed by atoms with Crippen molar-refractivity contribution in [2.45, 2.75) is 56.8 Å². The SMILES string of the molecule is NCC1CCCCC1c1ccc(C2CCC2)cc1. The molecule has 2 fully saturated rings. The summed E-state index contributed by atoms with van der Waals surface area (Å²) in [6, 6.07) is 9.52. The topological polar surface area (TPSA) is 26.0 Å². The van der Waals surface area contributed by atoms with Gasteiger partial charge in [0.2, 0.25) is 0 Å². The van der Waals surface area contributed by atoms with Gasteiger partial charge in [0.25, 0.3) is 0 Å². The van der Waals surface area contributed by atoms with Crippen LogP contribution in [0.2, 0.25) is 0 Å². The summed E-state index contributed by atoms with van der Waals surface area (Å²) in [7, 11) is 0. The Hall–Kier alpha value is -0.820. The predicted octanol–water partition coefficient (Wildman–Crippen LogP) is 4.19. The first-order valence-electron chi connectivity index (χ1n) is 7.68. The van der Waals surface area contributed by atoms with Crippen molar-refractivity contribution >= 4 is 0 Å². The van der Waals surface area contributed by atoms with Gasteiger partial charge in [-0.2, -0.15) is 0 Å². The van der Waals surface area contributed by atoms with Crippen LogP contribution in [0.4, 0.5) is 0 Å². The van der Waals surface area contributed by atoms with E-state index in [0.717, 1.165) is 18.4 Å². The van der Waals surface area contributed by atoms with Crippen molar-refractivity contribution in [2.24, 2.45) is 11.7 Å². The Kier molecular flexibility index (Phi) is 3.69. The summed E-state index contributed by atoms with van der Waals surface area (Å²) < 4.78 is 0. The molecule has 0 saturated heterocycles. The van der Waals surface area contributed by atoms with Crippen LogP contribution in [0.1, 0.15) is 67.9 Å². The molecule has 0 aliphatic heterocycles. The van der Waals surface area contributed by atoms with E-state index in [1.54, 1.807) is 5.56 Å². The molecule has 1 aromatic rings. The van der Waals surface area contributed by atoms with Gasteiger partial charge in [0.05, 0.1) is 0 Å². The van der Waals surface area contributed by atoms with Gasteiger partial charge in [0.15, 0.2) is 0 Å². The molecule has 1 heteroatoms. The van der Waals surface area contributed by atoms with Gasteiger partial charge >= 0.3 is 0 Å². The van der Waals surface area contributed by atoms with Gasteiger partial charge in [0, 0.05) is 0 Å². The summed E-state index contributed by atoms with van der Waals surface area (Å²) in [4.78, 5) is 0. The van der Waals surface area contributed by atoms with Crippen molar-refractivity contribution < 1.29 is 0 Å². The van der Waals surface area contributed by atoms with Gasteiger partial charge in [-0.3, -0.25) is 0 Å². The van der Waals surface area contributed by atoms with Crippen LogP contribution < -0.4 is 5.73 Å². The molecule has 2 N–H and O–H groups in total. The lowest BCUT2D eigenvalue weighted by molar-refractivity contribution is 0.314. The fourth-order valence-corrected chi connectivity index (χ4v) is 3.69. The quantitative estimate of drug-likeness (QED) is 0.846. The molecule has 98 valence electrons. The molecule has 0 heterocycles. The molecular formula is C17H25N. The fraction of sp³-hybridized carbons (Fsp3) is 0.647. The first kappa shape index (κ1) is 12.2. The van der Waals surface area contributed by atoms with Crippen LogP contribution in [0.25, 0.3) is 0 Å². The molecule has 3 rings (SSSR count). The second kappa shape index (κ2) is 5.44. The highest BCUT2D eigenvalue weighted by Gasteiger charge is 2.26. The first-order valence-corrected chi connectivity index (χ1v) is 7.68. The summed E-state index contributed by atoms with van der Waals surface area (Å²) in [6.07, 6.45) is 9.63. The molecule has 1 nitrogen and oxygen atoms in total. The van der Waals surface area contributed by atoms with E-state index in [2.05, 4.69) is 24.3 Å². The van der Waals surface area contributed by atoms with E-state index in [9.17, 15) is 0 Å². The zero-order valence-corrected chi connectivity index (χ0v) is 11.3. The van der Waals surface area contributed by atoms with E-state index in [4.69, 9.17) is 5.73 Å². The number of nitrogens with two attached hydrogens (primary N) is 1. The Balaban J connectivity index is 1.74. The molecule has 0 aromatic heterocycles. The zero-order chi connectivity index (χ0) is 12.4. The van der Waals surface area contributed by atoms with Crippen LogP contribution in [-0.2, 0) is 0 Å². The smallest absolute Gasteiger partial charge is 0.00430 e. The van der Waals surface area contributed by atoms with Crippen LogP contribution in [0.5, 0.6) is 0 Å². The van der Waals surface area contributed by atoms with Crippen LogP contribution in [0.3, 0.4) is 0 Å². The lowest BCUT2D eigenvalue weighted by Gasteiger charge is -2.32. The lowest BCUT2D eigenvalue weighted by Crippen LogP contribution is -2.25. The van der Waals surface area contributed by atoms with E-state index in [1.807, 2.05) is 0 Å². The van der Waals surface area contributed by atoms with Crippen molar-refractivity contribution in [3.05, 3.63) is 35.4 Å². The summed E-state index contributed by atoms with van der Waals surface area (Å²) >= 11 is 0. The molecule has 1 aromatic carbocycles. The zero-order valence-electron chi connectivity index (χ0n) is 11.3. The fourth-order valence-electron chi connectivity index (χ4n) is 3.69. The van der Waals surface area contributed by atoms with Gasteiger partial charge in [-0.15, -0.1) is 0 Å². The molecule has 0 bridgehead atoms. The standard InChI is InChI=1S/C17H25N/c18-12-16-4-1-2-7-17(16)15-10-8-14(9-11-15)13-5-3-6-13/h8-11,13,16-17H,1-7,12,18H2. The van der Waals surface area contributed by atoms with Gasteiger partial charge in [0.1, 0.15) is 0 Å². The molecule has 0 radical (unpaired) electrons. The minimum Gasteiger partial charge on any atom is -0.330 e. The van der Waals surface area contributed by atoms with Crippen molar-refractivity contribution in [1.82, 2.24) is 0 Å². The van der Waals surface area contributed by atoms with E-state index < -0.39 is 0 Å². The van der Waals surface area contributed by atoms with Crippen LogP contribution >= 0.6 is 0 Å². The normalized spacial score (nSPS) is 28.9. The number of benzene rings is 1. The molecular weight excluding hydrogens is 218 g/mol. The van der Waals surface area contributed by atoms with Crippen molar-refractivity contribution in [2.75, 3.05) is 6.54 Å². The minimum absolute atomic E-state index is 0.716. The third-order valence-corrected chi connectivity index (χ3v) is 5.15. The summed E-state index contributed by atoms with van der Waals surface area (Å²) in [5, 5.41) is 0. The highest BCUT2D eigenvalue weighted by Crippen LogP contribution is 2.39. The Morgan fingerprint density at radius 2 is 1.50 bits per heavy atom. The Morgan fingerprint density at radius 3 is 2.11 bits per heavy atom. The van der Waals surface area contributed by atoms with Gasteiger partial charge < -0.3 is 5.73 Å². The molecule has 2 aliphatic carbocycles. The molecule has 18 heavy (non-hydrogen) atoms. The first-order chi connectivity index (χ1) is 8.88. The number of hydrogen-bond acceptors (Lipinski definition) is 1. The molecule has 0 spiro atoms. The molecule has 2 unspecified atom stereocenters. The highest BCUT2D eigenvalue weighted by molar-refractivity contribution is 5.29. The van der Waals surface area contributed by atoms with Gasteiger partial charge in [-0.05, 0) is 61.1 Å². The van der Waals surface area contributed by atoms with E-state index in [0.29, 0.717) is 5.92 Å². The van der Waals surface area contributed by atoms with Crippen LogP contribution in [0, 0.1) is 5.92 Å². The average Bonchev–Trinajstić information content (AvgIpc) is 2.38. The lowest BCUT2D eigenvalue weighted by atomic mass is 9.74. The van der Waals surface area contributed by atoms with E-state index >= 15 is 0 Å². The average molecular weight is 243 g/mol. The number of hydrogen-bond donors (Lipinski definition) is 1. The molecule has 2 atom stereocenters.